The summed E-state index contributed by atoms with van der Waals surface area (Å²) in [6.07, 6.45) is 6.33. The maximum absolute atomic E-state index is 12.7. The number of anilines is 1. The van der Waals surface area contributed by atoms with Crippen LogP contribution in [-0.2, 0) is 4.79 Å². The van der Waals surface area contributed by atoms with Crippen LogP contribution in [-0.4, -0.2) is 24.0 Å². The lowest BCUT2D eigenvalue weighted by molar-refractivity contribution is -0.128. The second-order valence-corrected chi connectivity index (χ2v) is 5.90. The number of aromatic nitrogens is 1. The molecule has 3 rings (SSSR count). The van der Waals surface area contributed by atoms with Gasteiger partial charge in [0.25, 0.3) is 0 Å². The zero-order valence-corrected chi connectivity index (χ0v) is 11.4. The van der Waals surface area contributed by atoms with Crippen LogP contribution in [0.25, 0.3) is 0 Å². The maximum Gasteiger partial charge on any atom is 0.233 e. The molecule has 2 fully saturated rings. The van der Waals surface area contributed by atoms with Crippen LogP contribution in [0.3, 0.4) is 0 Å². The van der Waals surface area contributed by atoms with Crippen LogP contribution in [0, 0.1) is 18.3 Å². The van der Waals surface area contributed by atoms with Crippen molar-refractivity contribution in [1.29, 1.82) is 0 Å². The van der Waals surface area contributed by atoms with Crippen molar-refractivity contribution >= 4 is 11.7 Å². The van der Waals surface area contributed by atoms with Gasteiger partial charge in [-0.05, 0) is 49.9 Å². The number of amides is 1. The number of rotatable bonds is 2. The quantitative estimate of drug-likeness (QED) is 0.855. The Kier molecular flexibility index (Phi) is 3.27. The molecule has 2 aliphatic rings. The molecule has 4 nitrogen and oxygen atoms in total. The summed E-state index contributed by atoms with van der Waals surface area (Å²) in [6.45, 7) is 3.81. The van der Waals surface area contributed by atoms with Crippen LogP contribution >= 0.6 is 0 Å². The highest BCUT2D eigenvalue weighted by Crippen LogP contribution is 2.44. The molecule has 1 aliphatic heterocycles. The van der Waals surface area contributed by atoms with Gasteiger partial charge in [0.15, 0.2) is 0 Å². The first kappa shape index (κ1) is 12.6. The summed E-state index contributed by atoms with van der Waals surface area (Å²) in [6, 6.07) is 3.86. The molecule has 0 aromatic carbocycles. The molecule has 1 saturated carbocycles. The van der Waals surface area contributed by atoms with E-state index in [1.54, 1.807) is 6.20 Å². The number of pyridine rings is 1. The van der Waals surface area contributed by atoms with Crippen LogP contribution < -0.4 is 10.6 Å². The van der Waals surface area contributed by atoms with Crippen LogP contribution in [0.5, 0.6) is 0 Å². The van der Waals surface area contributed by atoms with Gasteiger partial charge in [-0.1, -0.05) is 12.8 Å². The van der Waals surface area contributed by atoms with Gasteiger partial charge in [-0.25, -0.2) is 4.98 Å². The summed E-state index contributed by atoms with van der Waals surface area (Å²) in [5, 5.41) is 6.43. The van der Waals surface area contributed by atoms with Gasteiger partial charge in [-0.15, -0.1) is 0 Å². The smallest absolute Gasteiger partial charge is 0.233 e. The predicted octanol–water partition coefficient (Wildman–Crippen LogP) is 2.11. The maximum atomic E-state index is 12.7. The van der Waals surface area contributed by atoms with Gasteiger partial charge in [-0.3, -0.25) is 4.79 Å². The van der Waals surface area contributed by atoms with E-state index in [0.717, 1.165) is 31.5 Å². The van der Waals surface area contributed by atoms with E-state index in [1.807, 2.05) is 19.1 Å². The van der Waals surface area contributed by atoms with Crippen LogP contribution in [0.1, 0.15) is 31.2 Å². The summed E-state index contributed by atoms with van der Waals surface area (Å²) < 4.78 is 0. The lowest BCUT2D eigenvalue weighted by atomic mass is 9.67. The number of aryl methyl sites for hydroxylation is 1. The molecule has 0 radical (unpaired) electrons. The molecule has 1 amide bonds. The molecular weight excluding hydrogens is 238 g/mol. The summed E-state index contributed by atoms with van der Waals surface area (Å²) in [5.41, 5.74) is 0.913. The molecule has 1 aromatic heterocycles. The number of fused-ring (bicyclic) bond motifs is 1. The minimum absolute atomic E-state index is 0.153. The highest BCUT2D eigenvalue weighted by Gasteiger charge is 2.49. The van der Waals surface area contributed by atoms with Gasteiger partial charge in [0.2, 0.25) is 5.91 Å². The molecule has 0 spiro atoms. The van der Waals surface area contributed by atoms with Crippen LogP contribution in [0.4, 0.5) is 5.82 Å². The lowest BCUT2D eigenvalue weighted by Gasteiger charge is -2.36. The molecule has 102 valence electrons. The van der Waals surface area contributed by atoms with Crippen molar-refractivity contribution in [3.8, 4) is 0 Å². The van der Waals surface area contributed by atoms with Crippen molar-refractivity contribution in [1.82, 2.24) is 10.3 Å². The van der Waals surface area contributed by atoms with Gasteiger partial charge < -0.3 is 10.6 Å². The Bertz CT molecular complexity index is 488. The Morgan fingerprint density at radius 2 is 2.42 bits per heavy atom. The van der Waals surface area contributed by atoms with Crippen molar-refractivity contribution in [3.63, 3.8) is 0 Å². The van der Waals surface area contributed by atoms with Crippen molar-refractivity contribution in [3.05, 3.63) is 23.9 Å². The third-order valence-electron chi connectivity index (χ3n) is 4.65. The van der Waals surface area contributed by atoms with Crippen LogP contribution in [0.2, 0.25) is 0 Å². The highest BCUT2D eigenvalue weighted by atomic mass is 16.2. The van der Waals surface area contributed by atoms with E-state index >= 15 is 0 Å². The SMILES string of the molecule is Cc1ccnc(NC(=O)[C@@]23CCCC[C@H]2CNC3)c1. The standard InChI is InChI=1S/C15H21N3O/c1-11-5-7-17-13(8-11)18-14(19)15-6-3-2-4-12(15)9-16-10-15/h5,7-8,12,16H,2-4,6,9-10H2,1H3,(H,17,18,19)/t12-,15+/m0/s1. The number of hydrogen-bond donors (Lipinski definition) is 2. The minimum Gasteiger partial charge on any atom is -0.315 e. The number of nitrogens with zero attached hydrogens (tertiary/aromatic N) is 1. The van der Waals surface area contributed by atoms with E-state index in [9.17, 15) is 4.79 Å². The molecule has 0 unspecified atom stereocenters. The van der Waals surface area contributed by atoms with E-state index in [2.05, 4.69) is 15.6 Å². The lowest BCUT2D eigenvalue weighted by Crippen LogP contribution is -2.44. The van der Waals surface area contributed by atoms with Gasteiger partial charge in [0.1, 0.15) is 5.82 Å². The van der Waals surface area contributed by atoms with E-state index in [1.165, 1.54) is 12.8 Å². The molecule has 2 heterocycles. The fraction of sp³-hybridized carbons (Fsp3) is 0.600. The normalized spacial score (nSPS) is 29.8. The molecule has 0 bridgehead atoms. The third kappa shape index (κ3) is 2.25. The first-order valence-electron chi connectivity index (χ1n) is 7.15. The Morgan fingerprint density at radius 3 is 3.26 bits per heavy atom. The largest absolute Gasteiger partial charge is 0.315 e. The fourth-order valence-electron chi connectivity index (χ4n) is 3.54. The summed E-state index contributed by atoms with van der Waals surface area (Å²) in [7, 11) is 0. The Morgan fingerprint density at radius 1 is 1.53 bits per heavy atom. The Balaban J connectivity index is 1.79. The summed E-state index contributed by atoms with van der Waals surface area (Å²) >= 11 is 0. The molecule has 1 aromatic rings. The summed E-state index contributed by atoms with van der Waals surface area (Å²) in [5.74, 6) is 1.32. The third-order valence-corrected chi connectivity index (χ3v) is 4.65. The monoisotopic (exact) mass is 259 g/mol. The zero-order chi connectivity index (χ0) is 13.3. The molecular formula is C15H21N3O. The molecule has 1 aliphatic carbocycles. The molecule has 4 heteroatoms. The number of carbonyl (C=O) groups is 1. The van der Waals surface area contributed by atoms with E-state index in [4.69, 9.17) is 0 Å². The van der Waals surface area contributed by atoms with Crippen molar-refractivity contribution in [2.75, 3.05) is 18.4 Å². The highest BCUT2D eigenvalue weighted by molar-refractivity contribution is 5.95. The van der Waals surface area contributed by atoms with E-state index in [0.29, 0.717) is 11.7 Å². The van der Waals surface area contributed by atoms with Gasteiger partial charge in [-0.2, -0.15) is 0 Å². The molecule has 19 heavy (non-hydrogen) atoms. The Hall–Kier alpha value is -1.42. The number of nitrogens with one attached hydrogen (secondary N) is 2. The van der Waals surface area contributed by atoms with Crippen molar-refractivity contribution in [2.24, 2.45) is 11.3 Å². The first-order chi connectivity index (χ1) is 9.21. The van der Waals surface area contributed by atoms with E-state index < -0.39 is 0 Å². The summed E-state index contributed by atoms with van der Waals surface area (Å²) in [4.78, 5) is 16.9. The first-order valence-corrected chi connectivity index (χ1v) is 7.15. The second kappa shape index (κ2) is 4.93. The average molecular weight is 259 g/mol. The average Bonchev–Trinajstić information content (AvgIpc) is 2.83. The predicted molar refractivity (Wildman–Crippen MR) is 74.9 cm³/mol. The van der Waals surface area contributed by atoms with Gasteiger partial charge in [0.05, 0.1) is 5.41 Å². The molecule has 2 N–H and O–H groups in total. The molecule has 1 saturated heterocycles. The van der Waals surface area contributed by atoms with Gasteiger partial charge in [0, 0.05) is 12.7 Å². The minimum atomic E-state index is -0.205. The van der Waals surface area contributed by atoms with E-state index in [-0.39, 0.29) is 11.3 Å². The van der Waals surface area contributed by atoms with Gasteiger partial charge >= 0.3 is 0 Å². The number of hydrogen-bond acceptors (Lipinski definition) is 3. The van der Waals surface area contributed by atoms with Crippen molar-refractivity contribution in [2.45, 2.75) is 32.6 Å². The molecule has 2 atom stereocenters. The Labute approximate surface area is 114 Å². The second-order valence-electron chi connectivity index (χ2n) is 5.90. The number of carbonyl (C=O) groups excluding carboxylic acids is 1. The zero-order valence-electron chi connectivity index (χ0n) is 11.4. The fourth-order valence-corrected chi connectivity index (χ4v) is 3.54. The van der Waals surface area contributed by atoms with Crippen LogP contribution in [0.15, 0.2) is 18.3 Å². The topological polar surface area (TPSA) is 54.0 Å². The van der Waals surface area contributed by atoms with Crippen molar-refractivity contribution < 1.29 is 4.79 Å².